The van der Waals surface area contributed by atoms with Gasteiger partial charge in [-0.1, -0.05) is 0 Å². The first-order valence-electron chi connectivity index (χ1n) is 10.2. The molecule has 0 aliphatic carbocycles. The van der Waals surface area contributed by atoms with Gasteiger partial charge < -0.3 is 15.0 Å². The summed E-state index contributed by atoms with van der Waals surface area (Å²) in [5.41, 5.74) is 2.37. The second kappa shape index (κ2) is 9.65. The zero-order valence-electron chi connectivity index (χ0n) is 17.9. The van der Waals surface area contributed by atoms with Crippen LogP contribution in [0.15, 0.2) is 41.3 Å². The number of urea groups is 1. The van der Waals surface area contributed by atoms with Gasteiger partial charge in [0.15, 0.2) is 0 Å². The van der Waals surface area contributed by atoms with Crippen molar-refractivity contribution in [3.05, 3.63) is 53.3 Å². The molecule has 2 aromatic carbocycles. The van der Waals surface area contributed by atoms with Gasteiger partial charge in [-0.15, -0.1) is 0 Å². The number of halogens is 1. The lowest BCUT2D eigenvalue weighted by Crippen LogP contribution is -2.43. The van der Waals surface area contributed by atoms with Crippen LogP contribution in [0.4, 0.5) is 14.9 Å². The van der Waals surface area contributed by atoms with Gasteiger partial charge in [-0.25, -0.2) is 22.3 Å². The lowest BCUT2D eigenvalue weighted by Gasteiger charge is -2.32. The van der Waals surface area contributed by atoms with E-state index in [0.717, 1.165) is 11.1 Å². The third-order valence-electron chi connectivity index (χ3n) is 5.63. The van der Waals surface area contributed by atoms with Gasteiger partial charge in [0.1, 0.15) is 16.5 Å². The number of carbonyl (C=O) groups is 1. The monoisotopic (exact) mass is 449 g/mol. The van der Waals surface area contributed by atoms with Crippen LogP contribution in [0.1, 0.15) is 24.0 Å². The van der Waals surface area contributed by atoms with E-state index in [-0.39, 0.29) is 22.7 Å². The molecule has 0 spiro atoms. The Morgan fingerprint density at radius 3 is 2.35 bits per heavy atom. The Hall–Kier alpha value is -2.65. The number of likely N-dealkylation sites (tertiary alicyclic amines) is 1. The highest BCUT2D eigenvalue weighted by molar-refractivity contribution is 7.89. The molecule has 1 aliphatic heterocycles. The van der Waals surface area contributed by atoms with Gasteiger partial charge in [-0.3, -0.25) is 0 Å². The van der Waals surface area contributed by atoms with Crippen molar-refractivity contribution >= 4 is 21.7 Å². The number of rotatable bonds is 6. The molecule has 168 valence electrons. The van der Waals surface area contributed by atoms with E-state index in [1.54, 1.807) is 17.0 Å². The summed E-state index contributed by atoms with van der Waals surface area (Å²) >= 11 is 0. The minimum Gasteiger partial charge on any atom is -0.495 e. The van der Waals surface area contributed by atoms with Gasteiger partial charge in [0.05, 0.1) is 7.11 Å². The maximum absolute atomic E-state index is 13.0. The maximum atomic E-state index is 13.0. The van der Waals surface area contributed by atoms with Gasteiger partial charge in [0.2, 0.25) is 10.0 Å². The zero-order valence-corrected chi connectivity index (χ0v) is 18.8. The van der Waals surface area contributed by atoms with Crippen molar-refractivity contribution in [2.24, 2.45) is 5.92 Å². The van der Waals surface area contributed by atoms with Gasteiger partial charge in [0, 0.05) is 25.3 Å². The average molecular weight is 450 g/mol. The van der Waals surface area contributed by atoms with Crippen molar-refractivity contribution in [3.63, 3.8) is 0 Å². The summed E-state index contributed by atoms with van der Waals surface area (Å²) < 4.78 is 46.6. The molecule has 3 rings (SSSR count). The Morgan fingerprint density at radius 2 is 1.74 bits per heavy atom. The topological polar surface area (TPSA) is 87.7 Å². The van der Waals surface area contributed by atoms with E-state index < -0.39 is 10.0 Å². The van der Waals surface area contributed by atoms with Gasteiger partial charge in [0.25, 0.3) is 0 Å². The highest BCUT2D eigenvalue weighted by Crippen LogP contribution is 2.27. The van der Waals surface area contributed by atoms with Crippen LogP contribution in [0, 0.1) is 25.6 Å². The fourth-order valence-corrected chi connectivity index (χ4v) is 4.86. The molecular formula is C22H28FN3O4S. The third-order valence-corrected chi connectivity index (χ3v) is 7.07. The molecule has 0 saturated carbocycles. The van der Waals surface area contributed by atoms with Crippen molar-refractivity contribution < 1.29 is 22.3 Å². The van der Waals surface area contributed by atoms with E-state index in [0.29, 0.717) is 43.9 Å². The van der Waals surface area contributed by atoms with Crippen LogP contribution in [0.5, 0.6) is 5.75 Å². The SMILES string of the molecule is COc1cc(C)c(C)cc1S(=O)(=O)NCC1CCN(C(=O)Nc2ccc(F)cc2)CC1. The first-order chi connectivity index (χ1) is 14.7. The molecule has 0 unspecified atom stereocenters. The molecule has 1 fully saturated rings. The fourth-order valence-electron chi connectivity index (χ4n) is 3.51. The van der Waals surface area contributed by atoms with E-state index in [1.807, 2.05) is 13.8 Å². The molecule has 2 amide bonds. The van der Waals surface area contributed by atoms with Crippen molar-refractivity contribution in [2.75, 3.05) is 32.1 Å². The van der Waals surface area contributed by atoms with Crippen LogP contribution in [0.3, 0.4) is 0 Å². The van der Waals surface area contributed by atoms with Crippen LogP contribution in [0.25, 0.3) is 0 Å². The number of nitrogens with zero attached hydrogens (tertiary/aromatic N) is 1. The van der Waals surface area contributed by atoms with Crippen LogP contribution in [-0.4, -0.2) is 46.1 Å². The quantitative estimate of drug-likeness (QED) is 0.704. The summed E-state index contributed by atoms with van der Waals surface area (Å²) in [6.07, 6.45) is 1.37. The molecule has 0 radical (unpaired) electrons. The average Bonchev–Trinajstić information content (AvgIpc) is 2.75. The van der Waals surface area contributed by atoms with E-state index in [4.69, 9.17) is 4.74 Å². The Balaban J connectivity index is 1.53. The first-order valence-corrected chi connectivity index (χ1v) is 11.6. The second-order valence-electron chi connectivity index (χ2n) is 7.81. The van der Waals surface area contributed by atoms with Crippen molar-refractivity contribution in [2.45, 2.75) is 31.6 Å². The molecule has 0 aromatic heterocycles. The van der Waals surface area contributed by atoms with Crippen molar-refractivity contribution in [3.8, 4) is 5.75 Å². The first kappa shape index (κ1) is 23.0. The van der Waals surface area contributed by atoms with Gasteiger partial charge in [-0.2, -0.15) is 0 Å². The Morgan fingerprint density at radius 1 is 1.13 bits per heavy atom. The number of aryl methyl sites for hydroxylation is 2. The summed E-state index contributed by atoms with van der Waals surface area (Å²) in [6, 6.07) is 8.70. The standard InChI is InChI=1S/C22H28FN3O4S/c1-15-12-20(30-3)21(13-16(15)2)31(28,29)24-14-17-8-10-26(11-9-17)22(27)25-19-6-4-18(23)5-7-19/h4-7,12-13,17,24H,8-11,14H2,1-3H3,(H,25,27). The second-order valence-corrected chi connectivity index (χ2v) is 9.54. The minimum absolute atomic E-state index is 0.127. The molecular weight excluding hydrogens is 421 g/mol. The van der Waals surface area contributed by atoms with E-state index in [1.165, 1.54) is 31.4 Å². The lowest BCUT2D eigenvalue weighted by atomic mass is 9.97. The predicted octanol–water partition coefficient (Wildman–Crippen LogP) is 3.67. The zero-order chi connectivity index (χ0) is 22.6. The van der Waals surface area contributed by atoms with Gasteiger partial charge in [-0.05, 0) is 80.1 Å². The number of amides is 2. The van der Waals surface area contributed by atoms with Crippen LogP contribution < -0.4 is 14.8 Å². The maximum Gasteiger partial charge on any atom is 0.321 e. The minimum atomic E-state index is -3.71. The number of hydrogen-bond donors (Lipinski definition) is 2. The Kier molecular flexibility index (Phi) is 7.17. The predicted molar refractivity (Wildman–Crippen MR) is 117 cm³/mol. The number of ether oxygens (including phenoxy) is 1. The molecule has 9 heteroatoms. The Labute approximate surface area is 182 Å². The molecule has 31 heavy (non-hydrogen) atoms. The van der Waals surface area contributed by atoms with Crippen LogP contribution >= 0.6 is 0 Å². The number of sulfonamides is 1. The largest absolute Gasteiger partial charge is 0.495 e. The van der Waals surface area contributed by atoms with E-state index in [2.05, 4.69) is 10.0 Å². The number of nitrogens with one attached hydrogen (secondary N) is 2. The number of methoxy groups -OCH3 is 1. The molecule has 1 heterocycles. The summed E-state index contributed by atoms with van der Waals surface area (Å²) in [5.74, 6) is 0.0877. The van der Waals surface area contributed by atoms with Gasteiger partial charge >= 0.3 is 6.03 Å². The number of carbonyl (C=O) groups excluding carboxylic acids is 1. The smallest absolute Gasteiger partial charge is 0.321 e. The molecule has 2 aromatic rings. The summed E-state index contributed by atoms with van der Waals surface area (Å²) in [7, 11) is -2.26. The van der Waals surface area contributed by atoms with Crippen molar-refractivity contribution in [1.29, 1.82) is 0 Å². The highest BCUT2D eigenvalue weighted by Gasteiger charge is 2.26. The molecule has 7 nitrogen and oxygen atoms in total. The third kappa shape index (κ3) is 5.74. The highest BCUT2D eigenvalue weighted by atomic mass is 32.2. The summed E-state index contributed by atoms with van der Waals surface area (Å²) in [6.45, 7) is 5.10. The molecule has 1 aliphatic rings. The van der Waals surface area contributed by atoms with Crippen molar-refractivity contribution in [1.82, 2.24) is 9.62 Å². The lowest BCUT2D eigenvalue weighted by molar-refractivity contribution is 0.183. The molecule has 0 bridgehead atoms. The normalized spacial score (nSPS) is 15.0. The number of anilines is 1. The van der Waals surface area contributed by atoms with Crippen LogP contribution in [-0.2, 0) is 10.0 Å². The molecule has 0 atom stereocenters. The van der Waals surface area contributed by atoms with E-state index in [9.17, 15) is 17.6 Å². The van der Waals surface area contributed by atoms with E-state index >= 15 is 0 Å². The Bertz CT molecular complexity index is 1030. The molecule has 1 saturated heterocycles. The van der Waals surface area contributed by atoms with Crippen LogP contribution in [0.2, 0.25) is 0 Å². The summed E-state index contributed by atoms with van der Waals surface area (Å²) in [4.78, 5) is 14.2. The number of benzene rings is 2. The number of hydrogen-bond acceptors (Lipinski definition) is 4. The number of piperidine rings is 1. The summed E-state index contributed by atoms with van der Waals surface area (Å²) in [5, 5.41) is 2.75. The molecule has 2 N–H and O–H groups in total. The fraction of sp³-hybridized carbons (Fsp3) is 0.409.